The minimum absolute atomic E-state index is 0.581. The van der Waals surface area contributed by atoms with Gasteiger partial charge >= 0.3 is 0 Å². The van der Waals surface area contributed by atoms with Crippen LogP contribution in [0.1, 0.15) is 63.1 Å². The molecule has 1 heterocycles. The summed E-state index contributed by atoms with van der Waals surface area (Å²) in [6.07, 6.45) is 8.53. The van der Waals surface area contributed by atoms with Gasteiger partial charge in [0.25, 0.3) is 0 Å². The molecule has 4 unspecified atom stereocenters. The molecule has 2 N–H and O–H groups in total. The summed E-state index contributed by atoms with van der Waals surface area (Å²) in [7, 11) is 0. The average molecular weight is 263 g/mol. The second kappa shape index (κ2) is 5.61. The van der Waals surface area contributed by atoms with Crippen molar-refractivity contribution in [1.82, 2.24) is 10.1 Å². The Balaban J connectivity index is 1.55. The number of rotatable bonds is 6. The van der Waals surface area contributed by atoms with Gasteiger partial charge in [-0.05, 0) is 56.4 Å². The topological polar surface area (TPSA) is 64.9 Å². The lowest BCUT2D eigenvalue weighted by Crippen LogP contribution is -2.10. The van der Waals surface area contributed by atoms with Crippen molar-refractivity contribution in [3.05, 3.63) is 11.7 Å². The molecule has 2 saturated carbocycles. The van der Waals surface area contributed by atoms with Gasteiger partial charge in [-0.1, -0.05) is 18.5 Å². The van der Waals surface area contributed by atoms with Crippen LogP contribution in [0, 0.1) is 17.8 Å². The SMILES string of the molecule is CC(CCN)CCc1nc(C2CC3CCC2C3)no1. The van der Waals surface area contributed by atoms with E-state index in [2.05, 4.69) is 17.1 Å². The lowest BCUT2D eigenvalue weighted by Gasteiger charge is -2.17. The third kappa shape index (κ3) is 2.83. The Bertz CT molecular complexity index is 417. The summed E-state index contributed by atoms with van der Waals surface area (Å²) in [5.74, 6) is 4.78. The summed E-state index contributed by atoms with van der Waals surface area (Å²) in [6, 6.07) is 0. The van der Waals surface area contributed by atoms with Crippen molar-refractivity contribution in [2.24, 2.45) is 23.5 Å². The van der Waals surface area contributed by atoms with E-state index in [-0.39, 0.29) is 0 Å². The Morgan fingerprint density at radius 2 is 2.21 bits per heavy atom. The summed E-state index contributed by atoms with van der Waals surface area (Å²) in [5.41, 5.74) is 5.57. The number of nitrogens with zero attached hydrogens (tertiary/aromatic N) is 2. The molecule has 0 saturated heterocycles. The highest BCUT2D eigenvalue weighted by Crippen LogP contribution is 2.52. The Labute approximate surface area is 115 Å². The molecular weight excluding hydrogens is 238 g/mol. The first-order valence-corrected chi connectivity index (χ1v) is 7.78. The molecule has 0 radical (unpaired) electrons. The first kappa shape index (κ1) is 13.1. The van der Waals surface area contributed by atoms with E-state index < -0.39 is 0 Å². The molecule has 0 amide bonds. The number of aromatic nitrogens is 2. The predicted molar refractivity (Wildman–Crippen MR) is 73.6 cm³/mol. The highest BCUT2D eigenvalue weighted by atomic mass is 16.5. The highest BCUT2D eigenvalue weighted by molar-refractivity contribution is 5.06. The van der Waals surface area contributed by atoms with E-state index in [9.17, 15) is 0 Å². The fraction of sp³-hybridized carbons (Fsp3) is 0.867. The minimum Gasteiger partial charge on any atom is -0.339 e. The summed E-state index contributed by atoms with van der Waals surface area (Å²) < 4.78 is 5.42. The lowest BCUT2D eigenvalue weighted by molar-refractivity contribution is 0.343. The van der Waals surface area contributed by atoms with E-state index in [4.69, 9.17) is 10.3 Å². The van der Waals surface area contributed by atoms with Crippen molar-refractivity contribution in [3.63, 3.8) is 0 Å². The average Bonchev–Trinajstić information content (AvgIpc) is 3.12. The van der Waals surface area contributed by atoms with Gasteiger partial charge in [0.1, 0.15) is 0 Å². The summed E-state index contributed by atoms with van der Waals surface area (Å²) in [5, 5.41) is 4.23. The molecule has 19 heavy (non-hydrogen) atoms. The van der Waals surface area contributed by atoms with Gasteiger partial charge in [-0.2, -0.15) is 4.98 Å². The first-order valence-electron chi connectivity index (χ1n) is 7.78. The standard InChI is InChI=1S/C15H25N3O/c1-10(6-7-16)2-5-14-17-15(18-19-14)13-9-11-3-4-12(13)8-11/h10-13H,2-9,16H2,1H3. The molecule has 4 nitrogen and oxygen atoms in total. The first-order chi connectivity index (χ1) is 9.26. The van der Waals surface area contributed by atoms with E-state index in [1.54, 1.807) is 0 Å². The van der Waals surface area contributed by atoms with Crippen molar-refractivity contribution in [2.75, 3.05) is 6.54 Å². The molecule has 1 aromatic heterocycles. The zero-order chi connectivity index (χ0) is 13.2. The Morgan fingerprint density at radius 1 is 1.32 bits per heavy atom. The van der Waals surface area contributed by atoms with Gasteiger partial charge in [-0.3, -0.25) is 0 Å². The van der Waals surface area contributed by atoms with Gasteiger partial charge in [0, 0.05) is 12.3 Å². The van der Waals surface area contributed by atoms with Crippen LogP contribution in [0.5, 0.6) is 0 Å². The molecule has 0 aliphatic heterocycles. The van der Waals surface area contributed by atoms with E-state index in [1.807, 2.05) is 0 Å². The molecule has 0 spiro atoms. The maximum Gasteiger partial charge on any atom is 0.226 e. The van der Waals surface area contributed by atoms with Crippen molar-refractivity contribution in [1.29, 1.82) is 0 Å². The van der Waals surface area contributed by atoms with E-state index in [0.717, 1.165) is 49.4 Å². The Hall–Kier alpha value is -0.900. The van der Waals surface area contributed by atoms with Gasteiger partial charge in [-0.25, -0.2) is 0 Å². The van der Waals surface area contributed by atoms with Crippen molar-refractivity contribution >= 4 is 0 Å². The molecule has 2 aliphatic carbocycles. The fourth-order valence-corrected chi connectivity index (χ4v) is 3.88. The number of hydrogen-bond donors (Lipinski definition) is 1. The zero-order valence-electron chi connectivity index (χ0n) is 11.8. The normalized spacial score (nSPS) is 30.9. The molecule has 4 heteroatoms. The van der Waals surface area contributed by atoms with Crippen LogP contribution in [-0.2, 0) is 6.42 Å². The molecule has 0 aromatic carbocycles. The minimum atomic E-state index is 0.581. The summed E-state index contributed by atoms with van der Waals surface area (Å²) in [4.78, 5) is 4.63. The van der Waals surface area contributed by atoms with Crippen LogP contribution in [0.2, 0.25) is 0 Å². The molecular formula is C15H25N3O. The number of aryl methyl sites for hydroxylation is 1. The monoisotopic (exact) mass is 263 g/mol. The van der Waals surface area contributed by atoms with Crippen LogP contribution in [-0.4, -0.2) is 16.7 Å². The van der Waals surface area contributed by atoms with Gasteiger partial charge in [0.05, 0.1) is 0 Å². The molecule has 106 valence electrons. The van der Waals surface area contributed by atoms with Crippen molar-refractivity contribution in [3.8, 4) is 0 Å². The van der Waals surface area contributed by atoms with Crippen LogP contribution >= 0.6 is 0 Å². The van der Waals surface area contributed by atoms with E-state index in [0.29, 0.717) is 11.8 Å². The van der Waals surface area contributed by atoms with Gasteiger partial charge in [-0.15, -0.1) is 0 Å². The second-order valence-corrected chi connectivity index (χ2v) is 6.55. The third-order valence-corrected chi connectivity index (χ3v) is 5.06. The van der Waals surface area contributed by atoms with Crippen molar-refractivity contribution in [2.45, 2.75) is 57.8 Å². The van der Waals surface area contributed by atoms with E-state index >= 15 is 0 Å². The van der Waals surface area contributed by atoms with Crippen LogP contribution in [0.3, 0.4) is 0 Å². The largest absolute Gasteiger partial charge is 0.339 e. The third-order valence-electron chi connectivity index (χ3n) is 5.06. The Kier molecular flexibility index (Phi) is 3.87. The fourth-order valence-electron chi connectivity index (χ4n) is 3.88. The molecule has 4 atom stereocenters. The number of nitrogens with two attached hydrogens (primary N) is 1. The van der Waals surface area contributed by atoms with Gasteiger partial charge in [0.15, 0.2) is 5.82 Å². The maximum absolute atomic E-state index is 5.57. The maximum atomic E-state index is 5.57. The van der Waals surface area contributed by atoms with Crippen LogP contribution in [0.15, 0.2) is 4.52 Å². The van der Waals surface area contributed by atoms with Crippen LogP contribution in [0.4, 0.5) is 0 Å². The summed E-state index contributed by atoms with van der Waals surface area (Å²) >= 11 is 0. The number of fused-ring (bicyclic) bond motifs is 2. The van der Waals surface area contributed by atoms with Crippen LogP contribution < -0.4 is 5.73 Å². The predicted octanol–water partition coefficient (Wildman–Crippen LogP) is 2.89. The quantitative estimate of drug-likeness (QED) is 0.857. The lowest BCUT2D eigenvalue weighted by atomic mass is 9.88. The molecule has 2 bridgehead atoms. The molecule has 1 aromatic rings. The molecule has 2 fully saturated rings. The second-order valence-electron chi connectivity index (χ2n) is 6.55. The summed E-state index contributed by atoms with van der Waals surface area (Å²) in [6.45, 7) is 3.00. The highest BCUT2D eigenvalue weighted by Gasteiger charge is 2.42. The van der Waals surface area contributed by atoms with Crippen LogP contribution in [0.25, 0.3) is 0 Å². The van der Waals surface area contributed by atoms with Crippen molar-refractivity contribution < 1.29 is 4.52 Å². The zero-order valence-corrected chi connectivity index (χ0v) is 11.8. The Morgan fingerprint density at radius 3 is 2.89 bits per heavy atom. The van der Waals surface area contributed by atoms with E-state index in [1.165, 1.54) is 25.7 Å². The molecule has 2 aliphatic rings. The molecule has 3 rings (SSSR count). The van der Waals surface area contributed by atoms with Gasteiger partial charge in [0.2, 0.25) is 5.89 Å². The smallest absolute Gasteiger partial charge is 0.226 e. The van der Waals surface area contributed by atoms with Gasteiger partial charge < -0.3 is 10.3 Å². The number of hydrogen-bond acceptors (Lipinski definition) is 4.